The molecule has 2 saturated heterocycles. The predicted molar refractivity (Wildman–Crippen MR) is 113 cm³/mol. The Morgan fingerprint density at radius 3 is 2.45 bits per heavy atom. The molecule has 2 heterocycles. The summed E-state index contributed by atoms with van der Waals surface area (Å²) in [7, 11) is 0. The van der Waals surface area contributed by atoms with Crippen molar-refractivity contribution in [2.24, 2.45) is 46.3 Å². The number of rotatable bonds is 0. The van der Waals surface area contributed by atoms with Gasteiger partial charge in [0.25, 0.3) is 0 Å². The maximum absolute atomic E-state index is 10.3. The zero-order chi connectivity index (χ0) is 20.0. The van der Waals surface area contributed by atoms with Crippen LogP contribution in [-0.2, 0) is 9.47 Å². The van der Waals surface area contributed by atoms with Gasteiger partial charge in [0.05, 0.1) is 18.8 Å². The first-order chi connectivity index (χ1) is 13.8. The normalized spacial score (nSPS) is 61.7. The fourth-order valence-electron chi connectivity index (χ4n) is 9.65. The molecule has 1 N–H and O–H groups in total. The van der Waals surface area contributed by atoms with Gasteiger partial charge in [0, 0.05) is 12.8 Å². The molecule has 11 atom stereocenters. The van der Waals surface area contributed by atoms with Crippen LogP contribution in [-0.4, -0.2) is 29.7 Å². The molecule has 6 fully saturated rings. The monoisotopic (exact) mass is 402 g/mol. The van der Waals surface area contributed by atoms with Gasteiger partial charge in [-0.15, -0.1) is 0 Å². The van der Waals surface area contributed by atoms with Crippen LogP contribution in [0.5, 0.6) is 0 Å². The molecule has 4 saturated carbocycles. The summed E-state index contributed by atoms with van der Waals surface area (Å²) >= 11 is 0. The third kappa shape index (κ3) is 2.72. The van der Waals surface area contributed by atoms with Gasteiger partial charge in [0.2, 0.25) is 0 Å². The molecule has 0 unspecified atom stereocenters. The van der Waals surface area contributed by atoms with E-state index in [4.69, 9.17) is 9.47 Å². The zero-order valence-electron chi connectivity index (χ0n) is 18.9. The van der Waals surface area contributed by atoms with Crippen LogP contribution >= 0.6 is 0 Å². The Balaban J connectivity index is 1.23. The molecule has 0 aromatic rings. The highest BCUT2D eigenvalue weighted by Crippen LogP contribution is 2.70. The summed E-state index contributed by atoms with van der Waals surface area (Å²) in [5.41, 5.74) is 0.936. The number of fused-ring (bicyclic) bond motifs is 7. The van der Waals surface area contributed by atoms with E-state index < -0.39 is 0 Å². The average Bonchev–Trinajstić information content (AvgIpc) is 3.18. The van der Waals surface area contributed by atoms with Crippen molar-refractivity contribution >= 4 is 0 Å². The van der Waals surface area contributed by atoms with Crippen LogP contribution in [0.4, 0.5) is 0 Å². The highest BCUT2D eigenvalue weighted by molar-refractivity contribution is 5.13. The highest BCUT2D eigenvalue weighted by Gasteiger charge is 2.66. The minimum Gasteiger partial charge on any atom is -0.393 e. The minimum absolute atomic E-state index is 0.0351. The van der Waals surface area contributed by atoms with Crippen molar-refractivity contribution in [1.82, 2.24) is 0 Å². The van der Waals surface area contributed by atoms with Crippen LogP contribution in [0.1, 0.15) is 91.4 Å². The van der Waals surface area contributed by atoms with Crippen LogP contribution in [0, 0.1) is 46.3 Å². The smallest absolute Gasteiger partial charge is 0.169 e. The van der Waals surface area contributed by atoms with Gasteiger partial charge in [-0.2, -0.15) is 0 Å². The van der Waals surface area contributed by atoms with Gasteiger partial charge in [-0.3, -0.25) is 0 Å². The van der Waals surface area contributed by atoms with E-state index in [0.717, 1.165) is 56.0 Å². The Bertz CT molecular complexity index is 654. The molecule has 3 nitrogen and oxygen atoms in total. The molecule has 6 aliphatic rings. The standard InChI is InChI=1S/C26H42O3/c1-16-6-11-26(28-15-16)14-22-23(29-26)13-21-19-5-4-17-12-18(27)7-9-24(17,2)20(19)8-10-25(21,22)3/h16-23,27H,4-15H2,1-3H3/t16-,17+,18+,19+,20-,21+,22-,23-,24+,25+,26-/m1/s1. The van der Waals surface area contributed by atoms with Crippen molar-refractivity contribution in [2.75, 3.05) is 6.61 Å². The number of hydrogen-bond donors (Lipinski definition) is 1. The summed E-state index contributed by atoms with van der Waals surface area (Å²) in [4.78, 5) is 0. The molecule has 1 spiro atoms. The molecule has 4 aliphatic carbocycles. The molecule has 0 radical (unpaired) electrons. The summed E-state index contributed by atoms with van der Waals surface area (Å²) in [6.45, 7) is 8.42. The predicted octanol–water partition coefficient (Wildman–Crippen LogP) is 5.55. The summed E-state index contributed by atoms with van der Waals surface area (Å²) in [6.07, 6.45) is 14.1. The van der Waals surface area contributed by atoms with Crippen molar-refractivity contribution in [1.29, 1.82) is 0 Å². The Morgan fingerprint density at radius 2 is 1.66 bits per heavy atom. The first-order valence-corrected chi connectivity index (χ1v) is 12.8. The first-order valence-electron chi connectivity index (χ1n) is 12.8. The molecule has 6 rings (SSSR count). The van der Waals surface area contributed by atoms with Crippen molar-refractivity contribution in [3.05, 3.63) is 0 Å². The fraction of sp³-hybridized carbons (Fsp3) is 1.00. The average molecular weight is 403 g/mol. The molecular weight excluding hydrogens is 360 g/mol. The van der Waals surface area contributed by atoms with E-state index >= 15 is 0 Å². The molecular formula is C26H42O3. The first kappa shape index (κ1) is 19.6. The summed E-state index contributed by atoms with van der Waals surface area (Å²) < 4.78 is 13.1. The van der Waals surface area contributed by atoms with E-state index in [1.807, 2.05) is 0 Å². The Morgan fingerprint density at radius 1 is 0.828 bits per heavy atom. The van der Waals surface area contributed by atoms with Gasteiger partial charge in [0.15, 0.2) is 5.79 Å². The van der Waals surface area contributed by atoms with Crippen LogP contribution in [0.15, 0.2) is 0 Å². The van der Waals surface area contributed by atoms with E-state index in [9.17, 15) is 5.11 Å². The molecule has 0 amide bonds. The number of ether oxygens (including phenoxy) is 2. The highest BCUT2D eigenvalue weighted by atomic mass is 16.7. The van der Waals surface area contributed by atoms with E-state index in [1.165, 1.54) is 44.9 Å². The van der Waals surface area contributed by atoms with E-state index in [-0.39, 0.29) is 11.9 Å². The second-order valence-corrected chi connectivity index (χ2v) is 12.7. The molecule has 2 aliphatic heterocycles. The largest absolute Gasteiger partial charge is 0.393 e. The lowest BCUT2D eigenvalue weighted by molar-refractivity contribution is -0.256. The van der Waals surface area contributed by atoms with Gasteiger partial charge in [-0.1, -0.05) is 20.8 Å². The van der Waals surface area contributed by atoms with E-state index in [2.05, 4.69) is 20.8 Å². The van der Waals surface area contributed by atoms with Gasteiger partial charge >= 0.3 is 0 Å². The van der Waals surface area contributed by atoms with Crippen LogP contribution in [0.2, 0.25) is 0 Å². The van der Waals surface area contributed by atoms with Crippen molar-refractivity contribution in [2.45, 2.75) is 109 Å². The Hall–Kier alpha value is -0.120. The SMILES string of the molecule is C[C@@H]1CC[C@@]2(C[C@@H]3[C@@H](C[C@H]4[C@H]5CC[C@H]6C[C@@H](O)CC[C@]6(C)[C@@H]5CC[C@]34C)O2)OC1. The van der Waals surface area contributed by atoms with E-state index in [0.29, 0.717) is 28.8 Å². The second kappa shape index (κ2) is 6.45. The number of aliphatic hydroxyl groups is 1. The van der Waals surface area contributed by atoms with Crippen LogP contribution < -0.4 is 0 Å². The third-order valence-corrected chi connectivity index (χ3v) is 11.4. The molecule has 0 aromatic carbocycles. The van der Waals surface area contributed by atoms with E-state index in [1.54, 1.807) is 0 Å². The van der Waals surface area contributed by atoms with Gasteiger partial charge < -0.3 is 14.6 Å². The maximum Gasteiger partial charge on any atom is 0.169 e. The van der Waals surface area contributed by atoms with Crippen LogP contribution in [0.25, 0.3) is 0 Å². The molecule has 0 bridgehead atoms. The molecule has 0 aromatic heterocycles. The molecule has 29 heavy (non-hydrogen) atoms. The topological polar surface area (TPSA) is 38.7 Å². The van der Waals surface area contributed by atoms with Crippen molar-refractivity contribution in [3.8, 4) is 0 Å². The van der Waals surface area contributed by atoms with Crippen LogP contribution in [0.3, 0.4) is 0 Å². The van der Waals surface area contributed by atoms with Gasteiger partial charge in [-0.05, 0) is 104 Å². The van der Waals surface area contributed by atoms with Crippen molar-refractivity contribution in [3.63, 3.8) is 0 Å². The van der Waals surface area contributed by atoms with Crippen molar-refractivity contribution < 1.29 is 14.6 Å². The Labute approximate surface area is 177 Å². The molecule has 164 valence electrons. The maximum atomic E-state index is 10.3. The number of aliphatic hydroxyl groups excluding tert-OH is 1. The summed E-state index contributed by atoms with van der Waals surface area (Å²) in [5, 5.41) is 10.3. The summed E-state index contributed by atoms with van der Waals surface area (Å²) in [5.74, 6) is 4.54. The third-order valence-electron chi connectivity index (χ3n) is 11.4. The summed E-state index contributed by atoms with van der Waals surface area (Å²) in [6, 6.07) is 0. The number of hydrogen-bond acceptors (Lipinski definition) is 3. The quantitative estimate of drug-likeness (QED) is 0.577. The Kier molecular flexibility index (Phi) is 4.35. The minimum atomic E-state index is -0.240. The lowest BCUT2D eigenvalue weighted by atomic mass is 9.44. The lowest BCUT2D eigenvalue weighted by Crippen LogP contribution is -2.54. The fourth-order valence-corrected chi connectivity index (χ4v) is 9.65. The lowest BCUT2D eigenvalue weighted by Gasteiger charge is -2.61. The zero-order valence-corrected chi connectivity index (χ0v) is 18.9. The van der Waals surface area contributed by atoms with Gasteiger partial charge in [0.1, 0.15) is 0 Å². The van der Waals surface area contributed by atoms with Gasteiger partial charge in [-0.25, -0.2) is 0 Å². The molecule has 3 heteroatoms. The second-order valence-electron chi connectivity index (χ2n) is 12.7.